The molecular weight excluding hydrogens is 544 g/mol. The van der Waals surface area contributed by atoms with Crippen molar-refractivity contribution < 1.29 is 39.6 Å². The Morgan fingerprint density at radius 2 is 1.81 bits per heavy atom. The van der Waals surface area contributed by atoms with Gasteiger partial charge in [-0.1, -0.05) is 0 Å². The van der Waals surface area contributed by atoms with Crippen LogP contribution in [0.25, 0.3) is 10.6 Å². The summed E-state index contributed by atoms with van der Waals surface area (Å²) in [5.41, 5.74) is -0.00762. The zero-order valence-corrected chi connectivity index (χ0v) is 20.7. The minimum absolute atomic E-state index is 0.0238. The number of carbonyl (C=O) groups excluding carboxylic acids is 1. The highest BCUT2D eigenvalue weighted by molar-refractivity contribution is 7.89. The summed E-state index contributed by atoms with van der Waals surface area (Å²) < 4.78 is 108. The maximum atomic E-state index is 14.6. The second-order valence-electron chi connectivity index (χ2n) is 8.45. The van der Waals surface area contributed by atoms with Gasteiger partial charge in [0.25, 0.3) is 0 Å². The number of rotatable bonds is 7. The summed E-state index contributed by atoms with van der Waals surface area (Å²) in [7, 11) is -4.35. The van der Waals surface area contributed by atoms with Crippen LogP contribution >= 0.6 is 11.3 Å². The van der Waals surface area contributed by atoms with E-state index in [1.165, 1.54) is 13.0 Å². The van der Waals surface area contributed by atoms with Gasteiger partial charge in [-0.2, -0.15) is 17.5 Å². The summed E-state index contributed by atoms with van der Waals surface area (Å²) in [6.07, 6.45) is -5.50. The monoisotopic (exact) mass is 563 g/mol. The van der Waals surface area contributed by atoms with Crippen molar-refractivity contribution in [2.24, 2.45) is 0 Å². The molecule has 0 unspecified atom stereocenters. The van der Waals surface area contributed by atoms with E-state index >= 15 is 0 Å². The van der Waals surface area contributed by atoms with Crippen LogP contribution < -0.4 is 0 Å². The van der Waals surface area contributed by atoms with Crippen molar-refractivity contribution in [2.75, 3.05) is 0 Å². The van der Waals surface area contributed by atoms with E-state index in [4.69, 9.17) is 0 Å². The number of nitrogens with zero attached hydrogens (tertiary/aromatic N) is 3. The summed E-state index contributed by atoms with van der Waals surface area (Å²) >= 11 is 0.328. The molecule has 6 nitrogen and oxygen atoms in total. The molecule has 0 N–H and O–H groups in total. The molecule has 4 rings (SSSR count). The molecule has 1 saturated heterocycles. The zero-order valence-electron chi connectivity index (χ0n) is 19.0. The first kappa shape index (κ1) is 27.2. The van der Waals surface area contributed by atoms with E-state index in [9.17, 15) is 39.6 Å². The number of Topliss-reactive ketones (excluding diaryl/α,β-unsaturated/α-hetero) is 1. The maximum Gasteiger partial charge on any atom is 0.443 e. The van der Waals surface area contributed by atoms with E-state index in [2.05, 4.69) is 9.97 Å². The lowest BCUT2D eigenvalue weighted by molar-refractivity contribution is -0.137. The Labute approximate surface area is 212 Å². The number of pyridine rings is 1. The molecule has 3 heterocycles. The highest BCUT2D eigenvalue weighted by Crippen LogP contribution is 2.37. The fraction of sp³-hybridized carbons (Fsp3) is 0.348. The minimum atomic E-state index is -4.65. The summed E-state index contributed by atoms with van der Waals surface area (Å²) in [5.74, 6) is -2.14. The number of hydrogen-bond donors (Lipinski definition) is 0. The number of alkyl halides is 4. The number of benzene rings is 1. The first-order valence-electron chi connectivity index (χ1n) is 10.9. The van der Waals surface area contributed by atoms with Crippen molar-refractivity contribution in [2.45, 2.75) is 55.5 Å². The minimum Gasteiger partial charge on any atom is -0.298 e. The van der Waals surface area contributed by atoms with E-state index in [1.807, 2.05) is 0 Å². The van der Waals surface area contributed by atoms with Crippen LogP contribution in [-0.4, -0.2) is 46.7 Å². The van der Waals surface area contributed by atoms with E-state index < -0.39 is 63.3 Å². The molecule has 1 aliphatic rings. The SMILES string of the molecule is C[C@H]1[C@H](F)C[C@@H](C(=O)CCc2cc(-c3cnc(C(F)(F)F)s3)ncc2F)N1S(=O)(=O)c1ccc(F)cc1. The van der Waals surface area contributed by atoms with Crippen LogP contribution in [-0.2, 0) is 27.4 Å². The molecule has 0 spiro atoms. The summed E-state index contributed by atoms with van der Waals surface area (Å²) in [6.45, 7) is 1.32. The second-order valence-corrected chi connectivity index (χ2v) is 11.3. The van der Waals surface area contributed by atoms with Crippen LogP contribution in [0.5, 0.6) is 0 Å². The first-order chi connectivity index (χ1) is 17.3. The molecule has 0 aliphatic carbocycles. The van der Waals surface area contributed by atoms with Gasteiger partial charge in [0.15, 0.2) is 10.8 Å². The van der Waals surface area contributed by atoms with Gasteiger partial charge < -0.3 is 0 Å². The Morgan fingerprint density at radius 3 is 2.43 bits per heavy atom. The van der Waals surface area contributed by atoms with Gasteiger partial charge in [-0.3, -0.25) is 9.78 Å². The summed E-state index contributed by atoms with van der Waals surface area (Å²) in [4.78, 5) is 19.9. The van der Waals surface area contributed by atoms with Crippen LogP contribution in [0.4, 0.5) is 26.3 Å². The smallest absolute Gasteiger partial charge is 0.298 e. The molecular formula is C23H19F6N3O3S2. The molecule has 3 atom stereocenters. The number of hydrogen-bond acceptors (Lipinski definition) is 6. The number of aromatic nitrogens is 2. The number of thiazole rings is 1. The number of ketones is 1. The Hall–Kier alpha value is -2.84. The van der Waals surface area contributed by atoms with Crippen LogP contribution in [0, 0.1) is 11.6 Å². The quantitative estimate of drug-likeness (QED) is 0.370. The lowest BCUT2D eigenvalue weighted by atomic mass is 10.0. The second kappa shape index (κ2) is 10.1. The van der Waals surface area contributed by atoms with Gasteiger partial charge in [-0.25, -0.2) is 26.6 Å². The average molecular weight is 564 g/mol. The standard InChI is InChI=1S/C23H19F6N3O3S2/c1-12-16(25)9-19(32(12)37(34,35)15-5-3-14(24)4-6-15)20(33)7-2-13-8-18(30-10-17(13)26)21-11-31-22(36-21)23(27,28)29/h3-6,8,10-12,16,19H,2,7,9H2,1H3/t12-,16+,19-/m0/s1. The van der Waals surface area contributed by atoms with E-state index in [-0.39, 0.29) is 33.9 Å². The largest absolute Gasteiger partial charge is 0.443 e. The van der Waals surface area contributed by atoms with E-state index in [0.29, 0.717) is 11.3 Å². The van der Waals surface area contributed by atoms with Crippen molar-refractivity contribution >= 4 is 27.1 Å². The molecule has 0 bridgehead atoms. The topological polar surface area (TPSA) is 80.2 Å². The summed E-state index contributed by atoms with van der Waals surface area (Å²) in [5, 5.41) is -1.09. The Balaban J connectivity index is 1.54. The predicted molar refractivity (Wildman–Crippen MR) is 122 cm³/mol. The first-order valence-corrected chi connectivity index (χ1v) is 13.2. The predicted octanol–water partition coefficient (Wildman–Crippen LogP) is 5.19. The summed E-state index contributed by atoms with van der Waals surface area (Å²) in [6, 6.07) is 2.56. The van der Waals surface area contributed by atoms with E-state index in [0.717, 1.165) is 41.0 Å². The molecule has 14 heteroatoms. The van der Waals surface area contributed by atoms with Gasteiger partial charge in [-0.05, 0) is 49.2 Å². The molecule has 1 fully saturated rings. The van der Waals surface area contributed by atoms with E-state index in [1.54, 1.807) is 0 Å². The molecule has 1 aromatic carbocycles. The lowest BCUT2D eigenvalue weighted by Gasteiger charge is -2.26. The Kier molecular flexibility index (Phi) is 7.45. The maximum absolute atomic E-state index is 14.6. The Morgan fingerprint density at radius 1 is 1.14 bits per heavy atom. The van der Waals surface area contributed by atoms with Crippen LogP contribution in [0.2, 0.25) is 0 Å². The van der Waals surface area contributed by atoms with Crippen LogP contribution in [0.15, 0.2) is 47.6 Å². The van der Waals surface area contributed by atoms with Crippen molar-refractivity contribution in [3.63, 3.8) is 0 Å². The van der Waals surface area contributed by atoms with Gasteiger partial charge in [0, 0.05) is 19.0 Å². The third kappa shape index (κ3) is 5.55. The molecule has 37 heavy (non-hydrogen) atoms. The van der Waals surface area contributed by atoms with Crippen molar-refractivity contribution in [3.8, 4) is 10.6 Å². The number of halogens is 6. The van der Waals surface area contributed by atoms with Gasteiger partial charge in [0.1, 0.15) is 17.8 Å². The highest BCUT2D eigenvalue weighted by Gasteiger charge is 2.48. The van der Waals surface area contributed by atoms with Gasteiger partial charge in [0.2, 0.25) is 10.0 Å². The molecule has 0 amide bonds. The molecule has 198 valence electrons. The third-order valence-electron chi connectivity index (χ3n) is 6.02. The van der Waals surface area contributed by atoms with Gasteiger partial charge >= 0.3 is 6.18 Å². The van der Waals surface area contributed by atoms with Crippen molar-refractivity contribution in [1.29, 1.82) is 0 Å². The third-order valence-corrected chi connectivity index (χ3v) is 9.09. The van der Waals surface area contributed by atoms with Crippen LogP contribution in [0.3, 0.4) is 0 Å². The number of aryl methyl sites for hydroxylation is 1. The molecule has 1 aliphatic heterocycles. The fourth-order valence-corrected chi connectivity index (χ4v) is 6.68. The fourth-order valence-electron chi connectivity index (χ4n) is 4.10. The number of carbonyl (C=O) groups is 1. The molecule has 3 aromatic rings. The van der Waals surface area contributed by atoms with Gasteiger partial charge in [-0.15, -0.1) is 11.3 Å². The Bertz CT molecular complexity index is 1410. The molecule has 2 aromatic heterocycles. The zero-order chi connectivity index (χ0) is 27.1. The van der Waals surface area contributed by atoms with Crippen LogP contribution in [0.1, 0.15) is 30.3 Å². The van der Waals surface area contributed by atoms with Crippen molar-refractivity contribution in [1.82, 2.24) is 14.3 Å². The molecule has 0 radical (unpaired) electrons. The van der Waals surface area contributed by atoms with Crippen molar-refractivity contribution in [3.05, 3.63) is 64.9 Å². The van der Waals surface area contributed by atoms with Gasteiger partial charge in [0.05, 0.1) is 33.7 Å². The molecule has 0 saturated carbocycles. The lowest BCUT2D eigenvalue weighted by Crippen LogP contribution is -2.44. The number of sulfonamides is 1. The normalized spacial score (nSPS) is 20.9. The highest BCUT2D eigenvalue weighted by atomic mass is 32.2. The average Bonchev–Trinajstić information content (AvgIpc) is 3.44.